The number of anilines is 3. The van der Waals surface area contributed by atoms with E-state index in [0.29, 0.717) is 23.3 Å². The van der Waals surface area contributed by atoms with E-state index in [1.807, 2.05) is 6.33 Å². The Labute approximate surface area is 205 Å². The second-order valence-electron chi connectivity index (χ2n) is 8.71. The van der Waals surface area contributed by atoms with Gasteiger partial charge in [0.2, 0.25) is 5.95 Å². The number of aromatic nitrogens is 4. The molecule has 8 nitrogen and oxygen atoms in total. The SMILES string of the molecule is Cl.Cl.NC1CCC(Nc2nc(N(N)c3ccccc3F)c3ncn(C4CCCC4)c3n2)CC1. The third-order valence-corrected chi connectivity index (χ3v) is 6.57. The predicted octanol–water partition coefficient (Wildman–Crippen LogP) is 4.62. The van der Waals surface area contributed by atoms with Gasteiger partial charge >= 0.3 is 0 Å². The van der Waals surface area contributed by atoms with Crippen LogP contribution in [0.5, 0.6) is 0 Å². The molecular formula is C22H31Cl2FN8. The summed E-state index contributed by atoms with van der Waals surface area (Å²) in [6.45, 7) is 0. The number of imidazole rings is 1. The van der Waals surface area contributed by atoms with E-state index in [4.69, 9.17) is 16.6 Å². The van der Waals surface area contributed by atoms with E-state index in [1.165, 1.54) is 23.9 Å². The Morgan fingerprint density at radius 2 is 1.70 bits per heavy atom. The van der Waals surface area contributed by atoms with Crippen LogP contribution in [0.4, 0.5) is 21.8 Å². The summed E-state index contributed by atoms with van der Waals surface area (Å²) in [5.41, 5.74) is 7.61. The number of rotatable bonds is 5. The van der Waals surface area contributed by atoms with Crippen LogP contribution in [-0.4, -0.2) is 31.6 Å². The van der Waals surface area contributed by atoms with Gasteiger partial charge in [0, 0.05) is 18.1 Å². The van der Waals surface area contributed by atoms with Crippen molar-refractivity contribution in [2.75, 3.05) is 10.3 Å². The lowest BCUT2D eigenvalue weighted by atomic mass is 9.92. The highest BCUT2D eigenvalue weighted by Crippen LogP contribution is 2.35. The van der Waals surface area contributed by atoms with Crippen molar-refractivity contribution in [2.24, 2.45) is 11.6 Å². The van der Waals surface area contributed by atoms with E-state index >= 15 is 0 Å². The van der Waals surface area contributed by atoms with Gasteiger partial charge in [-0.05, 0) is 50.7 Å². The summed E-state index contributed by atoms with van der Waals surface area (Å²) in [4.78, 5) is 14.1. The lowest BCUT2D eigenvalue weighted by Gasteiger charge is -2.27. The normalized spacial score (nSPS) is 20.8. The quantitative estimate of drug-likeness (QED) is 0.349. The Hall–Kier alpha value is -2.20. The van der Waals surface area contributed by atoms with Crippen LogP contribution in [0.25, 0.3) is 11.2 Å². The van der Waals surface area contributed by atoms with Crippen molar-refractivity contribution in [3.63, 3.8) is 0 Å². The number of nitrogens with one attached hydrogen (secondary N) is 1. The first-order valence-corrected chi connectivity index (χ1v) is 11.2. The van der Waals surface area contributed by atoms with Crippen LogP contribution in [0.2, 0.25) is 0 Å². The maximum Gasteiger partial charge on any atom is 0.227 e. The fraction of sp³-hybridized carbons (Fsp3) is 0.500. The van der Waals surface area contributed by atoms with E-state index in [-0.39, 0.29) is 42.6 Å². The van der Waals surface area contributed by atoms with Crippen molar-refractivity contribution in [1.29, 1.82) is 0 Å². The molecule has 0 bridgehead atoms. The smallest absolute Gasteiger partial charge is 0.227 e. The molecular weight excluding hydrogens is 466 g/mol. The maximum absolute atomic E-state index is 14.5. The lowest BCUT2D eigenvalue weighted by Crippen LogP contribution is -2.33. The molecule has 1 aromatic carbocycles. The fourth-order valence-corrected chi connectivity index (χ4v) is 4.79. The minimum atomic E-state index is -0.414. The summed E-state index contributed by atoms with van der Waals surface area (Å²) in [5, 5.41) is 4.74. The van der Waals surface area contributed by atoms with Gasteiger partial charge in [-0.2, -0.15) is 9.97 Å². The molecule has 0 amide bonds. The number of halogens is 3. The predicted molar refractivity (Wildman–Crippen MR) is 134 cm³/mol. The zero-order valence-electron chi connectivity index (χ0n) is 18.4. The number of fused-ring (bicyclic) bond motifs is 1. The Morgan fingerprint density at radius 1 is 1.00 bits per heavy atom. The fourth-order valence-electron chi connectivity index (χ4n) is 4.79. The molecule has 0 spiro atoms. The van der Waals surface area contributed by atoms with Gasteiger partial charge in [-0.3, -0.25) is 5.01 Å². The molecule has 0 saturated heterocycles. The Bertz CT molecular complexity index is 1060. The molecule has 2 aliphatic rings. The second kappa shape index (κ2) is 10.8. The van der Waals surface area contributed by atoms with Crippen LogP contribution < -0.4 is 21.9 Å². The highest BCUT2D eigenvalue weighted by molar-refractivity contribution is 5.87. The summed E-state index contributed by atoms with van der Waals surface area (Å²) in [7, 11) is 0. The lowest BCUT2D eigenvalue weighted by molar-refractivity contribution is 0.410. The molecule has 11 heteroatoms. The summed E-state index contributed by atoms with van der Waals surface area (Å²) >= 11 is 0. The van der Waals surface area contributed by atoms with Crippen molar-refractivity contribution in [3.8, 4) is 0 Å². The van der Waals surface area contributed by atoms with Crippen molar-refractivity contribution in [3.05, 3.63) is 36.4 Å². The highest BCUT2D eigenvalue weighted by atomic mass is 35.5. The molecule has 0 aliphatic heterocycles. The minimum absolute atomic E-state index is 0. The monoisotopic (exact) mass is 496 g/mol. The summed E-state index contributed by atoms with van der Waals surface area (Å²) < 4.78 is 16.6. The number of hydrogen-bond donors (Lipinski definition) is 3. The van der Waals surface area contributed by atoms with Gasteiger partial charge in [-0.1, -0.05) is 25.0 Å². The van der Waals surface area contributed by atoms with Crippen molar-refractivity contribution in [2.45, 2.75) is 69.5 Å². The molecule has 5 rings (SSSR count). The maximum atomic E-state index is 14.5. The molecule has 2 saturated carbocycles. The zero-order valence-corrected chi connectivity index (χ0v) is 20.0. The van der Waals surface area contributed by atoms with E-state index in [2.05, 4.69) is 19.9 Å². The molecule has 2 aliphatic carbocycles. The van der Waals surface area contributed by atoms with Crippen LogP contribution >= 0.6 is 24.8 Å². The molecule has 0 atom stereocenters. The molecule has 5 N–H and O–H groups in total. The van der Waals surface area contributed by atoms with Crippen molar-refractivity contribution >= 4 is 53.4 Å². The Balaban J connectivity index is 0.00000153. The van der Waals surface area contributed by atoms with Crippen LogP contribution in [0.1, 0.15) is 57.4 Å². The van der Waals surface area contributed by atoms with Crippen LogP contribution in [0.3, 0.4) is 0 Å². The van der Waals surface area contributed by atoms with Crippen LogP contribution in [0, 0.1) is 5.82 Å². The number of nitrogens with two attached hydrogens (primary N) is 2. The molecule has 180 valence electrons. The second-order valence-corrected chi connectivity index (χ2v) is 8.71. The van der Waals surface area contributed by atoms with Gasteiger partial charge < -0.3 is 15.6 Å². The van der Waals surface area contributed by atoms with E-state index in [1.54, 1.807) is 18.2 Å². The van der Waals surface area contributed by atoms with Crippen LogP contribution in [0.15, 0.2) is 30.6 Å². The first-order chi connectivity index (χ1) is 15.1. The molecule has 33 heavy (non-hydrogen) atoms. The zero-order chi connectivity index (χ0) is 21.4. The average Bonchev–Trinajstić information content (AvgIpc) is 3.44. The number of hydrazine groups is 1. The average molecular weight is 497 g/mol. The van der Waals surface area contributed by atoms with E-state index in [9.17, 15) is 4.39 Å². The molecule has 2 fully saturated rings. The van der Waals surface area contributed by atoms with Gasteiger partial charge in [-0.25, -0.2) is 15.2 Å². The third-order valence-electron chi connectivity index (χ3n) is 6.57. The Morgan fingerprint density at radius 3 is 2.39 bits per heavy atom. The molecule has 0 unspecified atom stereocenters. The molecule has 3 aromatic rings. The van der Waals surface area contributed by atoms with Gasteiger partial charge in [0.25, 0.3) is 0 Å². The van der Waals surface area contributed by atoms with Crippen molar-refractivity contribution < 1.29 is 4.39 Å². The molecule has 2 aromatic heterocycles. The number of benzene rings is 1. The standard InChI is InChI=1S/C22H29FN8.2ClH/c23-17-7-3-4-8-18(17)31(25)21-19-20(30(13-26-19)16-5-1-2-6-16)28-22(29-21)27-15-11-9-14(24)10-12-15;;/h3-4,7-8,13-16H,1-2,5-6,9-12,24-25H2,(H,27,28,29);2*1H. The van der Waals surface area contributed by atoms with Gasteiger partial charge in [0.05, 0.1) is 12.0 Å². The van der Waals surface area contributed by atoms with Crippen molar-refractivity contribution in [1.82, 2.24) is 19.5 Å². The molecule has 2 heterocycles. The Kier molecular flexibility index (Phi) is 8.33. The first kappa shape index (κ1) is 25.4. The van der Waals surface area contributed by atoms with Crippen LogP contribution in [-0.2, 0) is 0 Å². The number of hydrogen-bond acceptors (Lipinski definition) is 7. The van der Waals surface area contributed by atoms with Gasteiger partial charge in [-0.15, -0.1) is 24.8 Å². The van der Waals surface area contributed by atoms with Gasteiger partial charge in [0.1, 0.15) is 5.82 Å². The van der Waals surface area contributed by atoms with E-state index < -0.39 is 5.82 Å². The number of para-hydroxylation sites is 1. The minimum Gasteiger partial charge on any atom is -0.351 e. The van der Waals surface area contributed by atoms with E-state index in [0.717, 1.165) is 44.2 Å². The first-order valence-electron chi connectivity index (χ1n) is 11.2. The third kappa shape index (κ3) is 5.16. The number of nitrogens with zero attached hydrogens (tertiary/aromatic N) is 5. The molecule has 0 radical (unpaired) electrons. The summed E-state index contributed by atoms with van der Waals surface area (Å²) in [5.74, 6) is 6.85. The highest BCUT2D eigenvalue weighted by Gasteiger charge is 2.25. The topological polar surface area (TPSA) is 111 Å². The summed E-state index contributed by atoms with van der Waals surface area (Å²) in [6.07, 6.45) is 10.3. The van der Waals surface area contributed by atoms with Gasteiger partial charge in [0.15, 0.2) is 17.0 Å². The summed E-state index contributed by atoms with van der Waals surface area (Å²) in [6, 6.07) is 7.29. The largest absolute Gasteiger partial charge is 0.351 e.